The zero-order valence-corrected chi connectivity index (χ0v) is 19.8. The molecular formula is C23H14Cl3N3O3S. The number of azo groups is 1. The summed E-state index contributed by atoms with van der Waals surface area (Å²) in [6, 6.07) is 16.4. The molecule has 0 radical (unpaired) electrons. The maximum atomic E-state index is 12.8. The van der Waals surface area contributed by atoms with E-state index in [1.165, 1.54) is 12.1 Å². The largest absolute Gasteiger partial charge is 0.507 e. The Bertz CT molecular complexity index is 1330. The van der Waals surface area contributed by atoms with Crippen LogP contribution in [0.25, 0.3) is 6.08 Å². The molecule has 33 heavy (non-hydrogen) atoms. The van der Waals surface area contributed by atoms with E-state index in [1.807, 2.05) is 0 Å². The summed E-state index contributed by atoms with van der Waals surface area (Å²) in [5.74, 6) is -0.533. The molecule has 0 spiro atoms. The first-order valence-corrected chi connectivity index (χ1v) is 11.4. The van der Waals surface area contributed by atoms with Crippen molar-refractivity contribution >= 4 is 75.2 Å². The van der Waals surface area contributed by atoms with Gasteiger partial charge in [-0.15, -0.1) is 0 Å². The lowest BCUT2D eigenvalue weighted by Gasteiger charge is -2.13. The lowest BCUT2D eigenvalue weighted by Crippen LogP contribution is -2.27. The van der Waals surface area contributed by atoms with Crippen LogP contribution in [0.4, 0.5) is 16.2 Å². The highest BCUT2D eigenvalue weighted by Gasteiger charge is 2.35. The third-order valence-electron chi connectivity index (χ3n) is 4.59. The number of halogens is 3. The number of benzene rings is 3. The minimum absolute atomic E-state index is 0.0543. The monoisotopic (exact) mass is 517 g/mol. The maximum Gasteiger partial charge on any atom is 0.293 e. The molecule has 0 bridgehead atoms. The summed E-state index contributed by atoms with van der Waals surface area (Å²) in [6.45, 7) is 0.0543. The van der Waals surface area contributed by atoms with Gasteiger partial charge in [-0.25, -0.2) is 0 Å². The fourth-order valence-electron chi connectivity index (χ4n) is 2.97. The zero-order valence-electron chi connectivity index (χ0n) is 16.7. The number of nitrogens with zero attached hydrogens (tertiary/aromatic N) is 3. The summed E-state index contributed by atoms with van der Waals surface area (Å²) >= 11 is 18.7. The molecule has 1 aliphatic heterocycles. The van der Waals surface area contributed by atoms with E-state index in [2.05, 4.69) is 10.2 Å². The van der Waals surface area contributed by atoms with Crippen LogP contribution in [-0.2, 0) is 11.3 Å². The second-order valence-corrected chi connectivity index (χ2v) is 9.18. The molecule has 4 rings (SSSR count). The molecule has 1 heterocycles. The van der Waals surface area contributed by atoms with E-state index in [0.29, 0.717) is 37.6 Å². The molecular weight excluding hydrogens is 505 g/mol. The number of hydrogen-bond acceptors (Lipinski definition) is 6. The maximum absolute atomic E-state index is 12.8. The van der Waals surface area contributed by atoms with Crippen LogP contribution in [-0.4, -0.2) is 21.2 Å². The first kappa shape index (κ1) is 23.3. The van der Waals surface area contributed by atoms with E-state index < -0.39 is 11.1 Å². The molecule has 6 nitrogen and oxygen atoms in total. The van der Waals surface area contributed by atoms with Crippen molar-refractivity contribution < 1.29 is 14.7 Å². The van der Waals surface area contributed by atoms with E-state index in [9.17, 15) is 14.7 Å². The second kappa shape index (κ2) is 9.97. The van der Waals surface area contributed by atoms with E-state index in [0.717, 1.165) is 16.7 Å². The van der Waals surface area contributed by atoms with Crippen LogP contribution in [0, 0.1) is 0 Å². The van der Waals surface area contributed by atoms with Crippen LogP contribution < -0.4 is 0 Å². The molecule has 166 valence electrons. The molecule has 3 aromatic rings. The summed E-state index contributed by atoms with van der Waals surface area (Å²) in [5, 5.41) is 19.4. The van der Waals surface area contributed by atoms with Crippen molar-refractivity contribution in [2.45, 2.75) is 6.54 Å². The predicted octanol–water partition coefficient (Wildman–Crippen LogP) is 8.00. The summed E-state index contributed by atoms with van der Waals surface area (Å²) in [5.41, 5.74) is 2.02. The van der Waals surface area contributed by atoms with Gasteiger partial charge in [-0.2, -0.15) is 10.2 Å². The number of carbonyl (C=O) groups is 2. The highest BCUT2D eigenvalue weighted by Crippen LogP contribution is 2.36. The number of phenols is 1. The van der Waals surface area contributed by atoms with Crippen molar-refractivity contribution in [2.24, 2.45) is 10.2 Å². The number of phenolic OH excluding ortho intramolecular Hbond substituents is 1. The number of thioether (sulfide) groups is 1. The normalized spacial score (nSPS) is 15.2. The van der Waals surface area contributed by atoms with Crippen LogP contribution in [0.2, 0.25) is 15.1 Å². The van der Waals surface area contributed by atoms with Crippen LogP contribution in [0.15, 0.2) is 75.8 Å². The summed E-state index contributed by atoms with van der Waals surface area (Å²) < 4.78 is 0. The molecule has 1 saturated heterocycles. The Hall–Kier alpha value is -2.84. The first-order chi connectivity index (χ1) is 15.8. The van der Waals surface area contributed by atoms with Gasteiger partial charge in [-0.3, -0.25) is 14.5 Å². The summed E-state index contributed by atoms with van der Waals surface area (Å²) in [7, 11) is 0. The number of amides is 2. The van der Waals surface area contributed by atoms with Crippen molar-refractivity contribution in [3.8, 4) is 5.75 Å². The van der Waals surface area contributed by atoms with Crippen molar-refractivity contribution in [2.75, 3.05) is 0 Å². The topological polar surface area (TPSA) is 82.3 Å². The lowest BCUT2D eigenvalue weighted by molar-refractivity contribution is -0.123. The molecule has 3 aromatic carbocycles. The van der Waals surface area contributed by atoms with Crippen molar-refractivity contribution in [3.05, 3.63) is 91.8 Å². The molecule has 1 fully saturated rings. The Morgan fingerprint density at radius 1 is 0.909 bits per heavy atom. The molecule has 0 saturated carbocycles. The number of rotatable bonds is 5. The van der Waals surface area contributed by atoms with Gasteiger partial charge in [0.15, 0.2) is 0 Å². The Morgan fingerprint density at radius 2 is 1.67 bits per heavy atom. The van der Waals surface area contributed by atoms with E-state index >= 15 is 0 Å². The van der Waals surface area contributed by atoms with Crippen molar-refractivity contribution in [1.29, 1.82) is 0 Å². The van der Waals surface area contributed by atoms with Gasteiger partial charge in [0, 0.05) is 10.6 Å². The number of hydrogen-bond donors (Lipinski definition) is 1. The third kappa shape index (κ3) is 5.57. The third-order valence-corrected chi connectivity index (χ3v) is 6.47. The van der Waals surface area contributed by atoms with Gasteiger partial charge in [-0.05, 0) is 71.9 Å². The molecule has 2 amide bonds. The summed E-state index contributed by atoms with van der Waals surface area (Å²) in [4.78, 5) is 26.6. The molecule has 0 atom stereocenters. The Morgan fingerprint density at radius 3 is 2.39 bits per heavy atom. The van der Waals surface area contributed by atoms with E-state index in [-0.39, 0.29) is 17.2 Å². The highest BCUT2D eigenvalue weighted by molar-refractivity contribution is 8.18. The van der Waals surface area contributed by atoms with Gasteiger partial charge in [0.2, 0.25) is 0 Å². The smallest absolute Gasteiger partial charge is 0.293 e. The molecule has 0 aliphatic carbocycles. The average molecular weight is 519 g/mol. The fourth-order valence-corrected chi connectivity index (χ4v) is 4.31. The highest BCUT2D eigenvalue weighted by atomic mass is 35.5. The van der Waals surface area contributed by atoms with Gasteiger partial charge in [0.05, 0.1) is 32.9 Å². The van der Waals surface area contributed by atoms with Gasteiger partial charge in [-0.1, -0.05) is 46.9 Å². The molecule has 1 aliphatic rings. The SMILES string of the molecule is O=C1S/C(=C\c2cc(N=Nc3cccc(Cl)c3)ccc2O)C(=O)N1Cc1ccc(Cl)c(Cl)c1. The first-order valence-electron chi connectivity index (χ1n) is 9.50. The zero-order chi connectivity index (χ0) is 23.5. The number of imide groups is 1. The van der Waals surface area contributed by atoms with Crippen molar-refractivity contribution in [1.82, 2.24) is 4.90 Å². The predicted molar refractivity (Wildman–Crippen MR) is 132 cm³/mol. The number of aromatic hydroxyl groups is 1. The standard InChI is InChI=1S/C23H14Cl3N3O3S/c24-15-2-1-3-16(11-15)27-28-17-5-7-20(30)14(9-17)10-21-22(31)29(23(32)33-21)12-13-4-6-18(25)19(26)8-13/h1-11,30H,12H2/b21-10-,28-27?. The van der Waals surface area contributed by atoms with E-state index in [4.69, 9.17) is 34.8 Å². The minimum Gasteiger partial charge on any atom is -0.507 e. The number of carbonyl (C=O) groups excluding carboxylic acids is 2. The van der Waals surface area contributed by atoms with Gasteiger partial charge in [0.1, 0.15) is 5.75 Å². The van der Waals surface area contributed by atoms with E-state index in [1.54, 1.807) is 54.6 Å². The Kier molecular flexibility index (Phi) is 7.05. The van der Waals surface area contributed by atoms with Crippen LogP contribution >= 0.6 is 46.6 Å². The Balaban J connectivity index is 1.55. The minimum atomic E-state index is -0.471. The second-order valence-electron chi connectivity index (χ2n) is 6.94. The van der Waals surface area contributed by atoms with Crippen LogP contribution in [0.3, 0.4) is 0 Å². The van der Waals surface area contributed by atoms with Crippen LogP contribution in [0.5, 0.6) is 5.75 Å². The lowest BCUT2D eigenvalue weighted by atomic mass is 10.1. The molecule has 0 unspecified atom stereocenters. The molecule has 0 aromatic heterocycles. The van der Waals surface area contributed by atoms with Gasteiger partial charge in [0.25, 0.3) is 11.1 Å². The molecule has 10 heteroatoms. The Labute approximate surface area is 208 Å². The van der Waals surface area contributed by atoms with Crippen LogP contribution in [0.1, 0.15) is 11.1 Å². The van der Waals surface area contributed by atoms with Gasteiger partial charge >= 0.3 is 0 Å². The molecule has 1 N–H and O–H groups in total. The van der Waals surface area contributed by atoms with Crippen molar-refractivity contribution in [3.63, 3.8) is 0 Å². The quantitative estimate of drug-likeness (QED) is 0.274. The summed E-state index contributed by atoms with van der Waals surface area (Å²) in [6.07, 6.45) is 1.45. The average Bonchev–Trinajstić information content (AvgIpc) is 3.04. The van der Waals surface area contributed by atoms with Gasteiger partial charge < -0.3 is 5.11 Å². The fraction of sp³-hybridized carbons (Fsp3) is 0.0435.